The molecule has 10 heteroatoms. The first-order valence-corrected chi connectivity index (χ1v) is 10.9. The highest BCUT2D eigenvalue weighted by Crippen LogP contribution is 2.32. The third-order valence-corrected chi connectivity index (χ3v) is 6.28. The predicted octanol–water partition coefficient (Wildman–Crippen LogP) is 3.39. The summed E-state index contributed by atoms with van der Waals surface area (Å²) in [6.45, 7) is 11.1. The van der Waals surface area contributed by atoms with Gasteiger partial charge in [-0.3, -0.25) is 19.3 Å². The van der Waals surface area contributed by atoms with Crippen LogP contribution in [0.3, 0.4) is 0 Å². The van der Waals surface area contributed by atoms with Crippen molar-refractivity contribution in [3.63, 3.8) is 0 Å². The van der Waals surface area contributed by atoms with Crippen LogP contribution in [0.15, 0.2) is 12.7 Å². The Morgan fingerprint density at radius 1 is 1.48 bits per heavy atom. The highest BCUT2D eigenvalue weighted by atomic mass is 32.1. The van der Waals surface area contributed by atoms with Gasteiger partial charge in [0.15, 0.2) is 15.7 Å². The van der Waals surface area contributed by atoms with E-state index < -0.39 is 0 Å². The zero-order valence-corrected chi connectivity index (χ0v) is 18.5. The molecule has 2 aromatic heterocycles. The molecule has 2 N–H and O–H groups in total. The number of nitrogens with one attached hydrogen (secondary N) is 2. The van der Waals surface area contributed by atoms with Crippen LogP contribution in [0.1, 0.15) is 32.4 Å². The summed E-state index contributed by atoms with van der Waals surface area (Å²) in [7, 11) is 0. The summed E-state index contributed by atoms with van der Waals surface area (Å²) in [5.74, 6) is 0.383. The molecule has 3 rings (SSSR count). The van der Waals surface area contributed by atoms with E-state index in [1.54, 1.807) is 11.0 Å². The molecule has 0 radical (unpaired) electrons. The molecule has 1 saturated heterocycles. The summed E-state index contributed by atoms with van der Waals surface area (Å²) in [5, 5.41) is 10.5. The lowest BCUT2D eigenvalue weighted by molar-refractivity contribution is -0.137. The number of piperidine rings is 1. The number of allylic oxidation sites excluding steroid dienone is 1. The third kappa shape index (κ3) is 4.64. The van der Waals surface area contributed by atoms with E-state index in [-0.39, 0.29) is 23.7 Å². The molecular formula is C19H26N6O2S2. The minimum absolute atomic E-state index is 0.0635. The van der Waals surface area contributed by atoms with Crippen LogP contribution >= 0.6 is 23.6 Å². The molecule has 0 bridgehead atoms. The van der Waals surface area contributed by atoms with Crippen LogP contribution in [0, 0.1) is 23.5 Å². The van der Waals surface area contributed by atoms with Crippen molar-refractivity contribution in [1.29, 1.82) is 0 Å². The first kappa shape index (κ1) is 21.4. The Morgan fingerprint density at radius 3 is 2.93 bits per heavy atom. The number of carbonyl (C=O) groups is 2. The lowest BCUT2D eigenvalue weighted by atomic mass is 9.96. The number of carbonyl (C=O) groups excluding carboxylic acids is 2. The maximum atomic E-state index is 12.8. The minimum atomic E-state index is -0.227. The fourth-order valence-electron chi connectivity index (χ4n) is 3.41. The number of H-pyrrole nitrogens is 1. The Bertz CT molecular complexity index is 974. The van der Waals surface area contributed by atoms with Crippen molar-refractivity contribution >= 4 is 40.5 Å². The Kier molecular flexibility index (Phi) is 6.63. The van der Waals surface area contributed by atoms with E-state index in [1.165, 1.54) is 11.3 Å². The van der Waals surface area contributed by atoms with E-state index in [2.05, 4.69) is 27.1 Å². The first-order chi connectivity index (χ1) is 13.8. The second kappa shape index (κ2) is 9.00. The molecule has 0 spiro atoms. The summed E-state index contributed by atoms with van der Waals surface area (Å²) in [6, 6.07) is 0. The van der Waals surface area contributed by atoms with Gasteiger partial charge in [-0.2, -0.15) is 5.10 Å². The van der Waals surface area contributed by atoms with Crippen LogP contribution in [0.4, 0.5) is 5.13 Å². The van der Waals surface area contributed by atoms with E-state index in [9.17, 15) is 9.59 Å². The number of aryl methyl sites for hydroxylation is 1. The lowest BCUT2D eigenvalue weighted by Crippen LogP contribution is -2.45. The molecule has 156 valence electrons. The molecular weight excluding hydrogens is 408 g/mol. The highest BCUT2D eigenvalue weighted by molar-refractivity contribution is 7.71. The van der Waals surface area contributed by atoms with Gasteiger partial charge >= 0.3 is 0 Å². The topological polar surface area (TPSA) is 95.9 Å². The monoisotopic (exact) mass is 434 g/mol. The predicted molar refractivity (Wildman–Crippen MR) is 116 cm³/mol. The van der Waals surface area contributed by atoms with Gasteiger partial charge in [-0.05, 0) is 32.0 Å². The highest BCUT2D eigenvalue weighted by Gasteiger charge is 2.30. The van der Waals surface area contributed by atoms with E-state index >= 15 is 0 Å². The second-order valence-corrected chi connectivity index (χ2v) is 8.84. The summed E-state index contributed by atoms with van der Waals surface area (Å²) in [4.78, 5) is 32.2. The minimum Gasteiger partial charge on any atom is -0.342 e. The average molecular weight is 435 g/mol. The van der Waals surface area contributed by atoms with E-state index in [0.29, 0.717) is 35.4 Å². The number of hydrogen-bond donors (Lipinski definition) is 2. The molecule has 1 unspecified atom stereocenters. The third-order valence-electron chi connectivity index (χ3n) is 4.90. The average Bonchev–Trinajstić information content (AvgIpc) is 3.23. The fraction of sp³-hybridized carbons (Fsp3) is 0.526. The van der Waals surface area contributed by atoms with Gasteiger partial charge in [0, 0.05) is 25.6 Å². The Balaban J connectivity index is 1.74. The number of thiazole rings is 1. The van der Waals surface area contributed by atoms with Gasteiger partial charge in [0.1, 0.15) is 0 Å². The summed E-state index contributed by atoms with van der Waals surface area (Å²) < 4.78 is 2.35. The number of rotatable bonds is 6. The van der Waals surface area contributed by atoms with Gasteiger partial charge in [0.05, 0.1) is 16.5 Å². The van der Waals surface area contributed by atoms with Gasteiger partial charge in [-0.15, -0.1) is 6.58 Å². The van der Waals surface area contributed by atoms with Crippen molar-refractivity contribution in [3.8, 4) is 10.7 Å². The fourth-order valence-corrected chi connectivity index (χ4v) is 4.59. The zero-order chi connectivity index (χ0) is 21.1. The number of likely N-dealkylation sites (tertiary alicyclic amines) is 1. The van der Waals surface area contributed by atoms with Crippen LogP contribution in [-0.4, -0.2) is 49.6 Å². The Morgan fingerprint density at radius 2 is 2.24 bits per heavy atom. The normalized spacial score (nSPS) is 16.8. The number of aromatic nitrogens is 4. The van der Waals surface area contributed by atoms with E-state index in [1.807, 2.05) is 25.3 Å². The van der Waals surface area contributed by atoms with Crippen LogP contribution in [0.2, 0.25) is 0 Å². The van der Waals surface area contributed by atoms with Gasteiger partial charge < -0.3 is 10.2 Å². The standard InChI is InChI=1S/C19H26N6O2S2/c1-5-8-25-15(22-23-19(25)28)14-12(4)20-18(29-14)21-16(26)13-7-6-9-24(10-13)17(27)11(2)3/h5,11,13H,1,6-10H2,2-4H3,(H,23,28)(H,20,21,26). The summed E-state index contributed by atoms with van der Waals surface area (Å²) >= 11 is 6.64. The summed E-state index contributed by atoms with van der Waals surface area (Å²) in [6.07, 6.45) is 3.35. The zero-order valence-electron chi connectivity index (χ0n) is 16.9. The SMILES string of the molecule is C=CCn1c(-c2sc(NC(=O)C3CCCN(C(=O)C(C)C)C3)nc2C)n[nH]c1=S. The molecule has 1 aliphatic heterocycles. The molecule has 0 saturated carbocycles. The molecule has 1 aliphatic rings. The van der Waals surface area contributed by atoms with Crippen molar-refractivity contribution in [2.75, 3.05) is 18.4 Å². The molecule has 0 aromatic carbocycles. The maximum absolute atomic E-state index is 12.8. The van der Waals surface area contributed by atoms with Crippen molar-refractivity contribution in [1.82, 2.24) is 24.6 Å². The molecule has 29 heavy (non-hydrogen) atoms. The molecule has 3 heterocycles. The van der Waals surface area contributed by atoms with Gasteiger partial charge in [0.2, 0.25) is 11.8 Å². The first-order valence-electron chi connectivity index (χ1n) is 9.65. The quantitative estimate of drug-likeness (QED) is 0.537. The van der Waals surface area contributed by atoms with E-state index in [0.717, 1.165) is 23.4 Å². The second-order valence-electron chi connectivity index (χ2n) is 7.45. The van der Waals surface area contributed by atoms with Crippen LogP contribution in [0.5, 0.6) is 0 Å². The molecule has 2 aromatic rings. The molecule has 8 nitrogen and oxygen atoms in total. The lowest BCUT2D eigenvalue weighted by Gasteiger charge is -2.33. The molecule has 1 fully saturated rings. The van der Waals surface area contributed by atoms with Crippen LogP contribution in [0.25, 0.3) is 10.7 Å². The number of aromatic amines is 1. The number of amides is 2. The van der Waals surface area contributed by atoms with Gasteiger partial charge in [-0.1, -0.05) is 31.3 Å². The molecule has 0 aliphatic carbocycles. The van der Waals surface area contributed by atoms with E-state index in [4.69, 9.17) is 12.2 Å². The Hall–Kier alpha value is -2.33. The largest absolute Gasteiger partial charge is 0.342 e. The Labute approximate surface area is 179 Å². The summed E-state index contributed by atoms with van der Waals surface area (Å²) in [5.41, 5.74) is 0.768. The van der Waals surface area contributed by atoms with Crippen LogP contribution < -0.4 is 5.32 Å². The van der Waals surface area contributed by atoms with Crippen molar-refractivity contribution in [3.05, 3.63) is 23.1 Å². The number of anilines is 1. The smallest absolute Gasteiger partial charge is 0.231 e. The number of nitrogens with zero attached hydrogens (tertiary/aromatic N) is 4. The van der Waals surface area contributed by atoms with Crippen molar-refractivity contribution in [2.45, 2.75) is 40.2 Å². The van der Waals surface area contributed by atoms with Crippen LogP contribution in [-0.2, 0) is 16.1 Å². The maximum Gasteiger partial charge on any atom is 0.231 e. The molecule has 1 atom stereocenters. The van der Waals surface area contributed by atoms with Gasteiger partial charge in [0.25, 0.3) is 0 Å². The van der Waals surface area contributed by atoms with Crippen molar-refractivity contribution < 1.29 is 9.59 Å². The van der Waals surface area contributed by atoms with Crippen molar-refractivity contribution in [2.24, 2.45) is 11.8 Å². The van der Waals surface area contributed by atoms with Gasteiger partial charge in [-0.25, -0.2) is 4.98 Å². The molecule has 2 amide bonds. The number of hydrogen-bond acceptors (Lipinski definition) is 6.